The van der Waals surface area contributed by atoms with Gasteiger partial charge in [-0.25, -0.2) is 0 Å². The lowest BCUT2D eigenvalue weighted by Gasteiger charge is -2.09. The van der Waals surface area contributed by atoms with Crippen LogP contribution in [0.3, 0.4) is 0 Å². The maximum Gasteiger partial charge on any atom is 0.471 e. The van der Waals surface area contributed by atoms with Crippen molar-refractivity contribution in [3.63, 3.8) is 0 Å². The van der Waals surface area contributed by atoms with Crippen LogP contribution < -0.4 is 5.32 Å². The van der Waals surface area contributed by atoms with Crippen LogP contribution in [0.25, 0.3) is 0 Å². The zero-order valence-corrected chi connectivity index (χ0v) is 10.8. The molecular formula is C8H4BrF3INO. The fourth-order valence-corrected chi connectivity index (χ4v) is 2.22. The van der Waals surface area contributed by atoms with Gasteiger partial charge in [-0.1, -0.05) is 15.9 Å². The van der Waals surface area contributed by atoms with Gasteiger partial charge in [0.1, 0.15) is 0 Å². The SMILES string of the molecule is O=C(Nc1ccc(Br)cc1I)C(F)(F)F. The number of hydrogen-bond donors (Lipinski definition) is 1. The Morgan fingerprint density at radius 1 is 1.40 bits per heavy atom. The number of hydrogen-bond acceptors (Lipinski definition) is 1. The van der Waals surface area contributed by atoms with Crippen LogP contribution >= 0.6 is 38.5 Å². The number of alkyl halides is 3. The molecule has 2 nitrogen and oxygen atoms in total. The van der Waals surface area contributed by atoms with E-state index in [-0.39, 0.29) is 5.69 Å². The van der Waals surface area contributed by atoms with Gasteiger partial charge in [0.2, 0.25) is 0 Å². The van der Waals surface area contributed by atoms with Gasteiger partial charge in [-0.2, -0.15) is 13.2 Å². The molecule has 0 spiro atoms. The zero-order valence-electron chi connectivity index (χ0n) is 7.03. The van der Waals surface area contributed by atoms with E-state index in [4.69, 9.17) is 0 Å². The molecule has 0 radical (unpaired) electrons. The van der Waals surface area contributed by atoms with Gasteiger partial charge in [-0.15, -0.1) is 0 Å². The summed E-state index contributed by atoms with van der Waals surface area (Å²) in [5.41, 5.74) is 0.140. The van der Waals surface area contributed by atoms with Crippen molar-refractivity contribution in [2.24, 2.45) is 0 Å². The van der Waals surface area contributed by atoms with Crippen molar-refractivity contribution in [2.75, 3.05) is 5.32 Å². The van der Waals surface area contributed by atoms with E-state index < -0.39 is 12.1 Å². The monoisotopic (exact) mass is 393 g/mol. The minimum Gasteiger partial charge on any atom is -0.317 e. The number of halogens is 5. The number of carbonyl (C=O) groups is 1. The molecule has 0 aromatic heterocycles. The first kappa shape index (κ1) is 12.8. The Kier molecular flexibility index (Phi) is 3.99. The Hall–Kier alpha value is -0.310. The third-order valence-corrected chi connectivity index (χ3v) is 2.82. The lowest BCUT2D eigenvalue weighted by Crippen LogP contribution is -2.30. The van der Waals surface area contributed by atoms with Gasteiger partial charge in [0, 0.05) is 8.04 Å². The molecule has 0 saturated heterocycles. The normalized spacial score (nSPS) is 11.3. The number of carbonyl (C=O) groups excluding carboxylic acids is 1. The van der Waals surface area contributed by atoms with Crippen molar-refractivity contribution in [1.29, 1.82) is 0 Å². The van der Waals surface area contributed by atoms with Crippen LogP contribution in [0.1, 0.15) is 0 Å². The van der Waals surface area contributed by atoms with Gasteiger partial charge < -0.3 is 5.32 Å². The van der Waals surface area contributed by atoms with Gasteiger partial charge in [0.25, 0.3) is 0 Å². The van der Waals surface area contributed by atoms with Gasteiger partial charge in [-0.05, 0) is 40.8 Å². The van der Waals surface area contributed by atoms with Gasteiger partial charge in [0.05, 0.1) is 5.69 Å². The molecule has 0 aliphatic carbocycles. The molecule has 0 aliphatic heterocycles. The summed E-state index contributed by atoms with van der Waals surface area (Å²) in [7, 11) is 0. The molecule has 0 fully saturated rings. The van der Waals surface area contributed by atoms with E-state index in [0.717, 1.165) is 4.47 Å². The second-order valence-electron chi connectivity index (χ2n) is 2.58. The predicted octanol–water partition coefficient (Wildman–Crippen LogP) is 3.55. The van der Waals surface area contributed by atoms with Crippen LogP contribution in [0.5, 0.6) is 0 Å². The van der Waals surface area contributed by atoms with Crippen molar-refractivity contribution in [3.8, 4) is 0 Å². The number of amides is 1. The third-order valence-electron chi connectivity index (χ3n) is 1.44. The lowest BCUT2D eigenvalue weighted by atomic mass is 10.3. The van der Waals surface area contributed by atoms with Crippen LogP contribution in [-0.2, 0) is 4.79 Å². The molecule has 1 aromatic carbocycles. The number of rotatable bonds is 1. The summed E-state index contributed by atoms with van der Waals surface area (Å²) in [6, 6.07) is 4.55. The maximum absolute atomic E-state index is 11.9. The molecule has 1 N–H and O–H groups in total. The van der Waals surface area contributed by atoms with E-state index in [2.05, 4.69) is 15.9 Å². The summed E-state index contributed by atoms with van der Waals surface area (Å²) in [4.78, 5) is 10.6. The van der Waals surface area contributed by atoms with Crippen molar-refractivity contribution in [2.45, 2.75) is 6.18 Å². The Labute approximate surface area is 105 Å². The topological polar surface area (TPSA) is 29.1 Å². The van der Waals surface area contributed by atoms with Crippen LogP contribution in [0.4, 0.5) is 18.9 Å². The summed E-state index contributed by atoms with van der Waals surface area (Å²) in [6.07, 6.45) is -4.86. The molecule has 1 amide bonds. The average Bonchev–Trinajstić information content (AvgIpc) is 2.08. The Bertz CT molecular complexity index is 394. The summed E-state index contributed by atoms with van der Waals surface area (Å²) >= 11 is 5.00. The summed E-state index contributed by atoms with van der Waals surface area (Å²) in [5.74, 6) is -1.97. The van der Waals surface area contributed by atoms with Crippen LogP contribution in [-0.4, -0.2) is 12.1 Å². The molecule has 15 heavy (non-hydrogen) atoms. The van der Waals surface area contributed by atoms with Gasteiger partial charge >= 0.3 is 12.1 Å². The van der Waals surface area contributed by atoms with E-state index >= 15 is 0 Å². The standard InChI is InChI=1S/C8H4BrF3INO/c9-4-1-2-6(5(13)3-4)14-7(15)8(10,11)12/h1-3H,(H,14,15). The van der Waals surface area contributed by atoms with E-state index in [9.17, 15) is 18.0 Å². The Morgan fingerprint density at radius 3 is 2.47 bits per heavy atom. The first-order chi connectivity index (χ1) is 6.80. The molecule has 0 heterocycles. The molecule has 1 aromatic rings. The number of nitrogens with one attached hydrogen (secondary N) is 1. The van der Waals surface area contributed by atoms with Gasteiger partial charge in [-0.3, -0.25) is 4.79 Å². The average molecular weight is 394 g/mol. The van der Waals surface area contributed by atoms with Crippen molar-refractivity contribution >= 4 is 50.1 Å². The third kappa shape index (κ3) is 3.63. The molecule has 1 rings (SSSR count). The van der Waals surface area contributed by atoms with E-state index in [1.54, 1.807) is 17.4 Å². The van der Waals surface area contributed by atoms with Crippen molar-refractivity contribution in [3.05, 3.63) is 26.2 Å². The molecule has 0 aliphatic rings. The molecule has 0 unspecified atom stereocenters. The van der Waals surface area contributed by atoms with Crippen LogP contribution in [0.15, 0.2) is 22.7 Å². The summed E-state index contributed by atoms with van der Waals surface area (Å²) < 4.78 is 37.0. The zero-order chi connectivity index (χ0) is 11.6. The van der Waals surface area contributed by atoms with E-state index in [0.29, 0.717) is 3.57 Å². The molecule has 0 atom stereocenters. The van der Waals surface area contributed by atoms with Crippen molar-refractivity contribution in [1.82, 2.24) is 0 Å². The first-order valence-corrected chi connectivity index (χ1v) is 5.51. The van der Waals surface area contributed by atoms with Gasteiger partial charge in [0.15, 0.2) is 0 Å². The first-order valence-electron chi connectivity index (χ1n) is 3.64. The van der Waals surface area contributed by atoms with Crippen LogP contribution in [0, 0.1) is 3.57 Å². The molecule has 0 saturated carbocycles. The quantitative estimate of drug-likeness (QED) is 0.726. The number of anilines is 1. The highest BCUT2D eigenvalue weighted by atomic mass is 127. The van der Waals surface area contributed by atoms with Crippen LogP contribution in [0.2, 0.25) is 0 Å². The van der Waals surface area contributed by atoms with Crippen molar-refractivity contribution < 1.29 is 18.0 Å². The molecular weight excluding hydrogens is 390 g/mol. The minimum atomic E-state index is -4.86. The van der Waals surface area contributed by atoms with E-state index in [1.807, 2.05) is 22.6 Å². The highest BCUT2D eigenvalue weighted by molar-refractivity contribution is 14.1. The second-order valence-corrected chi connectivity index (χ2v) is 4.65. The molecule has 82 valence electrons. The highest BCUT2D eigenvalue weighted by Gasteiger charge is 2.38. The largest absolute Gasteiger partial charge is 0.471 e. The fourth-order valence-electron chi connectivity index (χ4n) is 0.784. The Balaban J connectivity index is 2.87. The summed E-state index contributed by atoms with van der Waals surface area (Å²) in [6.45, 7) is 0. The van der Waals surface area contributed by atoms with E-state index in [1.165, 1.54) is 6.07 Å². The minimum absolute atomic E-state index is 0.140. The predicted molar refractivity (Wildman–Crippen MR) is 61.5 cm³/mol. The smallest absolute Gasteiger partial charge is 0.317 e. The fraction of sp³-hybridized carbons (Fsp3) is 0.125. The number of benzene rings is 1. The molecule has 7 heteroatoms. The molecule has 0 bridgehead atoms. The summed E-state index contributed by atoms with van der Waals surface area (Å²) in [5, 5.41) is 1.79. The lowest BCUT2D eigenvalue weighted by molar-refractivity contribution is -0.167. The highest BCUT2D eigenvalue weighted by Crippen LogP contribution is 2.24. The second kappa shape index (κ2) is 4.69. The maximum atomic E-state index is 11.9. The Morgan fingerprint density at radius 2 is 2.00 bits per heavy atom.